The van der Waals surface area contributed by atoms with Crippen molar-refractivity contribution >= 4 is 23.0 Å². The molecule has 19 heavy (non-hydrogen) atoms. The van der Waals surface area contributed by atoms with Crippen LogP contribution in [0.3, 0.4) is 0 Å². The van der Waals surface area contributed by atoms with Gasteiger partial charge in [-0.25, -0.2) is 14.8 Å². The van der Waals surface area contributed by atoms with Gasteiger partial charge in [-0.15, -0.1) is 11.3 Å². The molecule has 5 nitrogen and oxygen atoms in total. The van der Waals surface area contributed by atoms with E-state index in [9.17, 15) is 9.90 Å². The highest BCUT2D eigenvalue weighted by atomic mass is 32.1. The average Bonchev–Trinajstić information content (AvgIpc) is 3.01. The standard InChI is InChI=1S/C13H9N3O2S/c17-13(18)11-12-15-10-7-3-6-19-9(7)2-1-8(10)16(12)5-4-14-11/h3-6H,1-2H2,(H,17,18). The molecular formula is C13H9N3O2S. The van der Waals surface area contributed by atoms with Crippen molar-refractivity contribution in [2.75, 3.05) is 0 Å². The Kier molecular flexibility index (Phi) is 2.05. The number of carboxylic acid groups (broad SMARTS) is 1. The quantitative estimate of drug-likeness (QED) is 0.737. The highest BCUT2D eigenvalue weighted by Gasteiger charge is 2.24. The smallest absolute Gasteiger partial charge is 0.358 e. The molecule has 0 atom stereocenters. The Balaban J connectivity index is 2.10. The second-order valence-corrected chi connectivity index (χ2v) is 5.44. The lowest BCUT2D eigenvalue weighted by Gasteiger charge is -2.11. The number of fused-ring (bicyclic) bond motifs is 5. The normalized spacial score (nSPS) is 13.3. The van der Waals surface area contributed by atoms with E-state index in [1.165, 1.54) is 11.1 Å². The van der Waals surface area contributed by atoms with Crippen molar-refractivity contribution in [3.8, 4) is 11.3 Å². The predicted octanol–water partition coefficient (Wildman–Crippen LogP) is 2.25. The van der Waals surface area contributed by atoms with Gasteiger partial charge in [0.05, 0.1) is 11.4 Å². The summed E-state index contributed by atoms with van der Waals surface area (Å²) >= 11 is 1.73. The van der Waals surface area contributed by atoms with Crippen LogP contribution in [0.5, 0.6) is 0 Å². The van der Waals surface area contributed by atoms with Crippen molar-refractivity contribution in [1.29, 1.82) is 0 Å². The first-order valence-electron chi connectivity index (χ1n) is 5.91. The fourth-order valence-electron chi connectivity index (χ4n) is 2.61. The number of rotatable bonds is 1. The molecule has 0 aliphatic heterocycles. The summed E-state index contributed by atoms with van der Waals surface area (Å²) in [7, 11) is 0. The van der Waals surface area contributed by atoms with Crippen molar-refractivity contribution in [3.63, 3.8) is 0 Å². The van der Waals surface area contributed by atoms with E-state index < -0.39 is 5.97 Å². The fourth-order valence-corrected chi connectivity index (χ4v) is 3.49. The number of aromatic nitrogens is 3. The Bertz CT molecular complexity index is 819. The minimum atomic E-state index is -1.04. The number of nitrogens with zero attached hydrogens (tertiary/aromatic N) is 3. The molecule has 0 fully saturated rings. The first-order valence-corrected chi connectivity index (χ1v) is 6.79. The summed E-state index contributed by atoms with van der Waals surface area (Å²) in [4.78, 5) is 21.0. The number of carbonyl (C=O) groups is 1. The lowest BCUT2D eigenvalue weighted by molar-refractivity contribution is 0.0692. The molecule has 0 amide bonds. The molecule has 3 heterocycles. The Morgan fingerprint density at radius 1 is 1.42 bits per heavy atom. The van der Waals surface area contributed by atoms with E-state index in [0.29, 0.717) is 5.65 Å². The lowest BCUT2D eigenvalue weighted by atomic mass is 10.0. The summed E-state index contributed by atoms with van der Waals surface area (Å²) in [6.07, 6.45) is 5.16. The van der Waals surface area contributed by atoms with Crippen LogP contribution in [0.1, 0.15) is 21.1 Å². The molecule has 3 aromatic rings. The van der Waals surface area contributed by atoms with Crippen molar-refractivity contribution < 1.29 is 9.90 Å². The first-order chi connectivity index (χ1) is 9.25. The minimum absolute atomic E-state index is 0.00804. The van der Waals surface area contributed by atoms with Crippen LogP contribution in [0.4, 0.5) is 0 Å². The van der Waals surface area contributed by atoms with E-state index in [4.69, 9.17) is 0 Å². The van der Waals surface area contributed by atoms with Gasteiger partial charge in [-0.2, -0.15) is 0 Å². The SMILES string of the molecule is O=C(O)c1nccn2c3c(nc12)-c1ccsc1CC3. The van der Waals surface area contributed by atoms with Crippen LogP contribution >= 0.6 is 11.3 Å². The molecule has 4 rings (SSSR count). The summed E-state index contributed by atoms with van der Waals surface area (Å²) in [6.45, 7) is 0. The number of aromatic carboxylic acids is 1. The van der Waals surface area contributed by atoms with E-state index in [1.807, 2.05) is 4.40 Å². The van der Waals surface area contributed by atoms with E-state index in [0.717, 1.165) is 29.8 Å². The lowest BCUT2D eigenvalue weighted by Crippen LogP contribution is -2.06. The molecular weight excluding hydrogens is 262 g/mol. The predicted molar refractivity (Wildman–Crippen MR) is 70.7 cm³/mol. The van der Waals surface area contributed by atoms with Crippen LogP contribution in [0, 0.1) is 0 Å². The zero-order valence-electron chi connectivity index (χ0n) is 9.83. The molecule has 0 radical (unpaired) electrons. The van der Waals surface area contributed by atoms with Crippen molar-refractivity contribution in [3.05, 3.63) is 40.1 Å². The topological polar surface area (TPSA) is 67.5 Å². The number of carboxylic acids is 1. The summed E-state index contributed by atoms with van der Waals surface area (Å²) in [5, 5.41) is 11.2. The average molecular weight is 271 g/mol. The third-order valence-corrected chi connectivity index (χ3v) is 4.41. The highest BCUT2D eigenvalue weighted by molar-refractivity contribution is 7.10. The van der Waals surface area contributed by atoms with Crippen LogP contribution in [-0.2, 0) is 12.8 Å². The zero-order chi connectivity index (χ0) is 13.0. The molecule has 94 valence electrons. The van der Waals surface area contributed by atoms with Gasteiger partial charge in [-0.1, -0.05) is 0 Å². The number of hydrogen-bond donors (Lipinski definition) is 1. The number of imidazole rings is 1. The van der Waals surface area contributed by atoms with E-state index in [1.54, 1.807) is 17.5 Å². The molecule has 0 saturated heterocycles. The molecule has 1 aliphatic carbocycles. The van der Waals surface area contributed by atoms with Gasteiger partial charge in [0.15, 0.2) is 11.3 Å². The maximum Gasteiger partial charge on any atom is 0.358 e. The second-order valence-electron chi connectivity index (χ2n) is 4.44. The molecule has 1 N–H and O–H groups in total. The molecule has 0 saturated carbocycles. The van der Waals surface area contributed by atoms with Gasteiger partial charge in [0, 0.05) is 22.8 Å². The first kappa shape index (κ1) is 10.7. The van der Waals surface area contributed by atoms with E-state index >= 15 is 0 Å². The Morgan fingerprint density at radius 2 is 2.32 bits per heavy atom. The van der Waals surface area contributed by atoms with Gasteiger partial charge in [-0.05, 0) is 24.3 Å². The third-order valence-electron chi connectivity index (χ3n) is 3.43. The maximum absolute atomic E-state index is 11.2. The van der Waals surface area contributed by atoms with Crippen LogP contribution in [-0.4, -0.2) is 25.4 Å². The molecule has 0 spiro atoms. The number of aryl methyl sites for hydroxylation is 2. The van der Waals surface area contributed by atoms with Crippen LogP contribution in [0.2, 0.25) is 0 Å². The van der Waals surface area contributed by atoms with Gasteiger partial charge in [0.25, 0.3) is 0 Å². The monoisotopic (exact) mass is 271 g/mol. The second kappa shape index (κ2) is 3.64. The molecule has 0 unspecified atom stereocenters. The minimum Gasteiger partial charge on any atom is -0.476 e. The highest BCUT2D eigenvalue weighted by Crippen LogP contribution is 2.36. The molecule has 6 heteroatoms. The van der Waals surface area contributed by atoms with Gasteiger partial charge in [0.2, 0.25) is 0 Å². The maximum atomic E-state index is 11.2. The van der Waals surface area contributed by atoms with Gasteiger partial charge in [0.1, 0.15) is 0 Å². The molecule has 0 bridgehead atoms. The largest absolute Gasteiger partial charge is 0.476 e. The summed E-state index contributed by atoms with van der Waals surface area (Å²) < 4.78 is 1.85. The Hall–Kier alpha value is -2.21. The van der Waals surface area contributed by atoms with Crippen molar-refractivity contribution in [2.45, 2.75) is 12.8 Å². The van der Waals surface area contributed by atoms with Crippen LogP contribution in [0.15, 0.2) is 23.8 Å². The third kappa shape index (κ3) is 1.37. The fraction of sp³-hybridized carbons (Fsp3) is 0.154. The summed E-state index contributed by atoms with van der Waals surface area (Å²) in [6, 6.07) is 2.05. The Labute approximate surface area is 112 Å². The Morgan fingerprint density at radius 3 is 3.16 bits per heavy atom. The number of thiophene rings is 1. The zero-order valence-corrected chi connectivity index (χ0v) is 10.6. The summed E-state index contributed by atoms with van der Waals surface area (Å²) in [5.41, 5.74) is 3.54. The van der Waals surface area contributed by atoms with Gasteiger partial charge >= 0.3 is 5.97 Å². The van der Waals surface area contributed by atoms with E-state index in [-0.39, 0.29) is 5.69 Å². The number of hydrogen-bond acceptors (Lipinski definition) is 4. The van der Waals surface area contributed by atoms with Crippen LogP contribution in [0.25, 0.3) is 16.9 Å². The van der Waals surface area contributed by atoms with E-state index in [2.05, 4.69) is 21.4 Å². The van der Waals surface area contributed by atoms with Crippen molar-refractivity contribution in [1.82, 2.24) is 14.4 Å². The molecule has 0 aromatic carbocycles. The molecule has 3 aromatic heterocycles. The van der Waals surface area contributed by atoms with Gasteiger partial charge in [-0.3, -0.25) is 4.40 Å². The summed E-state index contributed by atoms with van der Waals surface area (Å²) in [5.74, 6) is -1.04. The van der Waals surface area contributed by atoms with Gasteiger partial charge < -0.3 is 5.11 Å². The van der Waals surface area contributed by atoms with Crippen LogP contribution < -0.4 is 0 Å². The molecule has 1 aliphatic rings. The van der Waals surface area contributed by atoms with Crippen molar-refractivity contribution in [2.24, 2.45) is 0 Å².